The number of hydrogen-bond acceptors (Lipinski definition) is 3. The summed E-state index contributed by atoms with van der Waals surface area (Å²) in [6.07, 6.45) is 3.55. The third kappa shape index (κ3) is 3.03. The number of hydrogen-bond donors (Lipinski definition) is 2. The molecular formula is C15H14Cl2N2OS. The predicted molar refractivity (Wildman–Crippen MR) is 88.4 cm³/mol. The normalized spacial score (nSPS) is 13.2. The molecule has 0 bridgehead atoms. The number of carbonyl (C=O) groups is 1. The van der Waals surface area contributed by atoms with E-state index in [0.717, 1.165) is 12.8 Å². The van der Waals surface area contributed by atoms with E-state index in [1.165, 1.54) is 33.9 Å². The van der Waals surface area contributed by atoms with E-state index >= 15 is 0 Å². The van der Waals surface area contributed by atoms with Crippen LogP contribution < -0.4 is 11.1 Å². The van der Waals surface area contributed by atoms with Gasteiger partial charge in [0.15, 0.2) is 0 Å². The van der Waals surface area contributed by atoms with Crippen molar-refractivity contribution in [3.8, 4) is 0 Å². The number of amides is 1. The second-order valence-electron chi connectivity index (χ2n) is 5.06. The molecule has 21 heavy (non-hydrogen) atoms. The fraction of sp³-hybridized carbons (Fsp3) is 0.267. The highest BCUT2D eigenvalue weighted by molar-refractivity contribution is 7.12. The molecule has 0 atom stereocenters. The van der Waals surface area contributed by atoms with Gasteiger partial charge in [0.05, 0.1) is 22.2 Å². The van der Waals surface area contributed by atoms with Gasteiger partial charge in [-0.3, -0.25) is 4.79 Å². The molecule has 2 aromatic rings. The van der Waals surface area contributed by atoms with Gasteiger partial charge in [0.25, 0.3) is 5.91 Å². The molecular weight excluding hydrogens is 327 g/mol. The molecule has 110 valence electrons. The van der Waals surface area contributed by atoms with Crippen LogP contribution in [0.2, 0.25) is 10.0 Å². The van der Waals surface area contributed by atoms with Gasteiger partial charge in [0.2, 0.25) is 0 Å². The lowest BCUT2D eigenvalue weighted by Crippen LogP contribution is -2.23. The maximum Gasteiger partial charge on any atom is 0.253 e. The van der Waals surface area contributed by atoms with Gasteiger partial charge in [-0.05, 0) is 43.0 Å². The average Bonchev–Trinajstić information content (AvgIpc) is 3.01. The standard InChI is InChI=1S/C15H14Cl2N2OS/c16-12-6-9(18)5-11(14(12)17)15(20)19-7-10-4-8-2-1-3-13(8)21-10/h4-6H,1-3,7,18H2,(H,19,20). The maximum atomic E-state index is 12.2. The van der Waals surface area contributed by atoms with Gasteiger partial charge >= 0.3 is 0 Å². The second-order valence-corrected chi connectivity index (χ2v) is 7.07. The van der Waals surface area contributed by atoms with Crippen molar-refractivity contribution in [2.24, 2.45) is 0 Å². The van der Waals surface area contributed by atoms with E-state index in [0.29, 0.717) is 17.8 Å². The fourth-order valence-electron chi connectivity index (χ4n) is 2.52. The Bertz CT molecular complexity index is 690. The van der Waals surface area contributed by atoms with Gasteiger partial charge in [-0.1, -0.05) is 23.2 Å². The van der Waals surface area contributed by atoms with Crippen LogP contribution in [0.5, 0.6) is 0 Å². The van der Waals surface area contributed by atoms with Crippen molar-refractivity contribution in [2.45, 2.75) is 25.8 Å². The van der Waals surface area contributed by atoms with E-state index in [2.05, 4.69) is 11.4 Å². The van der Waals surface area contributed by atoms with Crippen molar-refractivity contribution in [3.05, 3.63) is 49.1 Å². The zero-order valence-corrected chi connectivity index (χ0v) is 13.5. The predicted octanol–water partition coefficient (Wildman–Crippen LogP) is 4.06. The quantitative estimate of drug-likeness (QED) is 0.828. The highest BCUT2D eigenvalue weighted by Crippen LogP contribution is 2.31. The van der Waals surface area contributed by atoms with Gasteiger partial charge in [-0.2, -0.15) is 0 Å². The first-order valence-corrected chi connectivity index (χ1v) is 8.25. The summed E-state index contributed by atoms with van der Waals surface area (Å²) in [6.45, 7) is 0.499. The van der Waals surface area contributed by atoms with Crippen LogP contribution in [0, 0.1) is 0 Å². The second kappa shape index (κ2) is 5.87. The van der Waals surface area contributed by atoms with E-state index in [4.69, 9.17) is 28.9 Å². The first-order valence-electron chi connectivity index (χ1n) is 6.68. The van der Waals surface area contributed by atoms with Gasteiger partial charge in [-0.25, -0.2) is 0 Å². The number of thiophene rings is 1. The van der Waals surface area contributed by atoms with Crippen molar-refractivity contribution in [1.29, 1.82) is 0 Å². The Hall–Kier alpha value is -1.23. The topological polar surface area (TPSA) is 55.1 Å². The summed E-state index contributed by atoms with van der Waals surface area (Å²) in [6, 6.07) is 5.25. The number of rotatable bonds is 3. The van der Waals surface area contributed by atoms with Crippen molar-refractivity contribution < 1.29 is 4.79 Å². The summed E-state index contributed by atoms with van der Waals surface area (Å²) in [5, 5.41) is 3.39. The number of benzene rings is 1. The third-order valence-corrected chi connectivity index (χ3v) is 5.56. The van der Waals surface area contributed by atoms with E-state index in [1.807, 2.05) is 0 Å². The molecule has 0 radical (unpaired) electrons. The molecule has 1 aromatic carbocycles. The van der Waals surface area contributed by atoms with Crippen LogP contribution in [0.4, 0.5) is 5.69 Å². The summed E-state index contributed by atoms with van der Waals surface area (Å²) in [5.74, 6) is -0.261. The lowest BCUT2D eigenvalue weighted by molar-refractivity contribution is 0.0951. The third-order valence-electron chi connectivity index (χ3n) is 3.52. The Morgan fingerprint density at radius 3 is 2.86 bits per heavy atom. The molecule has 3 rings (SSSR count). The number of aryl methyl sites for hydroxylation is 2. The van der Waals surface area contributed by atoms with Gasteiger partial charge < -0.3 is 11.1 Å². The number of fused-ring (bicyclic) bond motifs is 1. The van der Waals surface area contributed by atoms with Crippen LogP contribution in [0.15, 0.2) is 18.2 Å². The molecule has 0 unspecified atom stereocenters. The molecule has 0 fully saturated rings. The lowest BCUT2D eigenvalue weighted by atomic mass is 10.2. The summed E-state index contributed by atoms with van der Waals surface area (Å²) in [5.41, 5.74) is 7.86. The van der Waals surface area contributed by atoms with Crippen LogP contribution in [-0.2, 0) is 19.4 Å². The minimum absolute atomic E-state index is 0.233. The van der Waals surface area contributed by atoms with Gasteiger partial charge in [0, 0.05) is 15.4 Å². The Morgan fingerprint density at radius 1 is 1.29 bits per heavy atom. The molecule has 6 heteroatoms. The number of nitrogens with two attached hydrogens (primary N) is 1. The monoisotopic (exact) mass is 340 g/mol. The van der Waals surface area contributed by atoms with E-state index in [-0.39, 0.29) is 16.0 Å². The highest BCUT2D eigenvalue weighted by atomic mass is 35.5. The van der Waals surface area contributed by atoms with Gasteiger partial charge in [0.1, 0.15) is 0 Å². The summed E-state index contributed by atoms with van der Waals surface area (Å²) in [7, 11) is 0. The Morgan fingerprint density at radius 2 is 2.10 bits per heavy atom. The molecule has 1 aliphatic carbocycles. The molecule has 1 aromatic heterocycles. The lowest BCUT2D eigenvalue weighted by Gasteiger charge is -2.08. The molecule has 0 aliphatic heterocycles. The number of anilines is 1. The molecule has 1 aliphatic rings. The van der Waals surface area contributed by atoms with Crippen molar-refractivity contribution >= 4 is 46.1 Å². The average molecular weight is 341 g/mol. The minimum atomic E-state index is -0.261. The molecule has 0 saturated carbocycles. The summed E-state index contributed by atoms with van der Waals surface area (Å²) in [4.78, 5) is 14.8. The largest absolute Gasteiger partial charge is 0.399 e. The van der Waals surface area contributed by atoms with E-state index < -0.39 is 0 Å². The van der Waals surface area contributed by atoms with E-state index in [9.17, 15) is 4.79 Å². The Labute approximate surface area is 137 Å². The smallest absolute Gasteiger partial charge is 0.253 e. The number of nitrogens with one attached hydrogen (secondary N) is 1. The molecule has 0 spiro atoms. The van der Waals surface area contributed by atoms with Crippen LogP contribution in [0.1, 0.15) is 32.1 Å². The van der Waals surface area contributed by atoms with Gasteiger partial charge in [-0.15, -0.1) is 11.3 Å². The Kier molecular flexibility index (Phi) is 4.11. The van der Waals surface area contributed by atoms with Crippen molar-refractivity contribution in [2.75, 3.05) is 5.73 Å². The molecule has 3 N–H and O–H groups in total. The maximum absolute atomic E-state index is 12.2. The fourth-order valence-corrected chi connectivity index (χ4v) is 4.14. The molecule has 1 amide bonds. The number of halogens is 2. The molecule has 3 nitrogen and oxygen atoms in total. The van der Waals surface area contributed by atoms with Crippen molar-refractivity contribution in [1.82, 2.24) is 5.32 Å². The van der Waals surface area contributed by atoms with Crippen LogP contribution in [0.3, 0.4) is 0 Å². The number of nitrogen functional groups attached to an aromatic ring is 1. The van der Waals surface area contributed by atoms with E-state index in [1.54, 1.807) is 11.3 Å². The number of carbonyl (C=O) groups excluding carboxylic acids is 1. The minimum Gasteiger partial charge on any atom is -0.399 e. The Balaban J connectivity index is 1.71. The molecule has 1 heterocycles. The van der Waals surface area contributed by atoms with Crippen LogP contribution >= 0.6 is 34.5 Å². The summed E-state index contributed by atoms with van der Waals surface area (Å²) < 4.78 is 0. The first kappa shape index (κ1) is 14.7. The highest BCUT2D eigenvalue weighted by Gasteiger charge is 2.17. The van der Waals surface area contributed by atoms with Crippen LogP contribution in [-0.4, -0.2) is 5.91 Å². The zero-order chi connectivity index (χ0) is 15.0. The zero-order valence-electron chi connectivity index (χ0n) is 11.2. The molecule has 0 saturated heterocycles. The van der Waals surface area contributed by atoms with Crippen molar-refractivity contribution in [3.63, 3.8) is 0 Å². The first-order chi connectivity index (χ1) is 10.0. The SMILES string of the molecule is Nc1cc(Cl)c(Cl)c(C(=O)NCc2cc3c(s2)CCC3)c1. The van der Waals surface area contributed by atoms with Crippen LogP contribution in [0.25, 0.3) is 0 Å². The summed E-state index contributed by atoms with van der Waals surface area (Å²) >= 11 is 13.8.